The number of hydrogen-bond acceptors (Lipinski definition) is 3. The largest absolute Gasteiger partial charge is 0.496 e. The Kier molecular flexibility index (Phi) is 5.87. The van der Waals surface area contributed by atoms with Crippen molar-refractivity contribution in [1.82, 2.24) is 5.32 Å². The summed E-state index contributed by atoms with van der Waals surface area (Å²) >= 11 is 0. The molecule has 0 bridgehead atoms. The number of carbonyl (C=O) groups excluding carboxylic acids is 1. The van der Waals surface area contributed by atoms with Crippen LogP contribution in [0.4, 0.5) is 0 Å². The maximum Gasteiger partial charge on any atom is 0.250 e. The van der Waals surface area contributed by atoms with E-state index >= 15 is 0 Å². The minimum atomic E-state index is -0.0489. The number of nitrogens with one attached hydrogen (secondary N) is 1. The highest BCUT2D eigenvalue weighted by atomic mass is 16.5. The molecule has 1 N–H and O–H groups in total. The number of hydrogen-bond donors (Lipinski definition) is 1. The molecule has 1 heterocycles. The minimum Gasteiger partial charge on any atom is -0.496 e. The van der Waals surface area contributed by atoms with Crippen molar-refractivity contribution < 1.29 is 9.53 Å². The van der Waals surface area contributed by atoms with Gasteiger partial charge in [0.15, 0.2) is 0 Å². The Labute approximate surface area is 167 Å². The molecule has 1 aliphatic carbocycles. The molecule has 4 rings (SSSR count). The molecule has 4 nitrogen and oxygen atoms in total. The number of amides is 1. The zero-order valence-corrected chi connectivity index (χ0v) is 16.5. The number of carbonyl (C=O) groups is 1. The SMILES string of the molecule is COc1cccc2c1CCCC2CCNCCc1ccc2c(c1)CC(=O)N=C2. The molecule has 0 fully saturated rings. The molecule has 28 heavy (non-hydrogen) atoms. The number of benzene rings is 2. The Bertz CT molecular complexity index is 888. The highest BCUT2D eigenvalue weighted by Gasteiger charge is 2.22. The number of aliphatic imine (C=N–C) groups is 1. The van der Waals surface area contributed by atoms with Crippen molar-refractivity contribution in [3.05, 3.63) is 64.2 Å². The normalized spacial score (nSPS) is 17.9. The van der Waals surface area contributed by atoms with Gasteiger partial charge in [-0.05, 0) is 85.0 Å². The van der Waals surface area contributed by atoms with Crippen LogP contribution < -0.4 is 10.1 Å². The first-order valence-corrected chi connectivity index (χ1v) is 10.3. The fourth-order valence-electron chi connectivity index (χ4n) is 4.48. The van der Waals surface area contributed by atoms with Crippen LogP contribution in [0.3, 0.4) is 0 Å². The lowest BCUT2D eigenvalue weighted by molar-refractivity contribution is -0.117. The summed E-state index contributed by atoms with van der Waals surface area (Å²) in [5.41, 5.74) is 6.34. The van der Waals surface area contributed by atoms with E-state index < -0.39 is 0 Å². The number of ether oxygens (including phenoxy) is 1. The summed E-state index contributed by atoms with van der Waals surface area (Å²) in [4.78, 5) is 15.4. The summed E-state index contributed by atoms with van der Waals surface area (Å²) in [7, 11) is 1.77. The molecule has 2 aliphatic rings. The van der Waals surface area contributed by atoms with Gasteiger partial charge in [0, 0.05) is 6.21 Å². The van der Waals surface area contributed by atoms with Gasteiger partial charge in [-0.25, -0.2) is 4.99 Å². The standard InChI is InChI=1S/C24H28N2O2/c1-28-23-7-3-5-21-18(4-2-6-22(21)23)11-13-25-12-10-17-8-9-19-16-26-24(27)15-20(19)14-17/h3,5,7-9,14,16,18,25H,2,4,6,10-13,15H2,1H3. The summed E-state index contributed by atoms with van der Waals surface area (Å²) in [5, 5.41) is 3.60. The van der Waals surface area contributed by atoms with Crippen LogP contribution in [0.5, 0.6) is 5.75 Å². The van der Waals surface area contributed by atoms with Crippen molar-refractivity contribution in [3.63, 3.8) is 0 Å². The molecule has 0 spiro atoms. The van der Waals surface area contributed by atoms with Crippen LogP contribution >= 0.6 is 0 Å². The highest BCUT2D eigenvalue weighted by molar-refractivity contribution is 5.98. The van der Waals surface area contributed by atoms with Crippen molar-refractivity contribution in [1.29, 1.82) is 0 Å². The Morgan fingerprint density at radius 1 is 1.21 bits per heavy atom. The summed E-state index contributed by atoms with van der Waals surface area (Å²) in [6.45, 7) is 1.98. The second kappa shape index (κ2) is 8.70. The zero-order chi connectivity index (χ0) is 19.3. The van der Waals surface area contributed by atoms with Crippen molar-refractivity contribution in [3.8, 4) is 5.75 Å². The smallest absolute Gasteiger partial charge is 0.250 e. The predicted molar refractivity (Wildman–Crippen MR) is 113 cm³/mol. The lowest BCUT2D eigenvalue weighted by Gasteiger charge is -2.27. The highest BCUT2D eigenvalue weighted by Crippen LogP contribution is 2.38. The second-order valence-corrected chi connectivity index (χ2v) is 7.77. The van der Waals surface area contributed by atoms with Crippen LogP contribution in [0.2, 0.25) is 0 Å². The topological polar surface area (TPSA) is 50.7 Å². The Morgan fingerprint density at radius 3 is 3.04 bits per heavy atom. The second-order valence-electron chi connectivity index (χ2n) is 7.77. The van der Waals surface area contributed by atoms with Crippen molar-refractivity contribution in [2.45, 2.75) is 44.4 Å². The van der Waals surface area contributed by atoms with Gasteiger partial charge >= 0.3 is 0 Å². The van der Waals surface area contributed by atoms with E-state index in [1.165, 1.54) is 29.5 Å². The molecule has 1 atom stereocenters. The van der Waals surface area contributed by atoms with Crippen LogP contribution in [0.25, 0.3) is 0 Å². The summed E-state index contributed by atoms with van der Waals surface area (Å²) in [6, 6.07) is 12.9. The van der Waals surface area contributed by atoms with Gasteiger partial charge < -0.3 is 10.1 Å². The van der Waals surface area contributed by atoms with Crippen molar-refractivity contribution >= 4 is 12.1 Å². The molecule has 1 unspecified atom stereocenters. The fraction of sp³-hybridized carbons (Fsp3) is 0.417. The maximum absolute atomic E-state index is 11.5. The molecular formula is C24H28N2O2. The van der Waals surface area contributed by atoms with Crippen LogP contribution in [0.1, 0.15) is 53.0 Å². The third-order valence-corrected chi connectivity index (χ3v) is 5.97. The molecule has 2 aromatic rings. The molecule has 146 valence electrons. The van der Waals surface area contributed by atoms with Crippen molar-refractivity contribution in [2.75, 3.05) is 20.2 Å². The molecule has 0 radical (unpaired) electrons. The lowest BCUT2D eigenvalue weighted by Crippen LogP contribution is -2.22. The third kappa shape index (κ3) is 4.17. The number of rotatable bonds is 7. The van der Waals surface area contributed by atoms with E-state index in [-0.39, 0.29) is 5.91 Å². The van der Waals surface area contributed by atoms with Gasteiger partial charge in [0.05, 0.1) is 13.5 Å². The number of fused-ring (bicyclic) bond motifs is 2. The van der Waals surface area contributed by atoms with E-state index in [2.05, 4.69) is 46.7 Å². The lowest BCUT2D eigenvalue weighted by atomic mass is 9.80. The van der Waals surface area contributed by atoms with E-state index in [9.17, 15) is 4.79 Å². The molecule has 1 amide bonds. The number of nitrogens with zero attached hydrogens (tertiary/aromatic N) is 1. The van der Waals surface area contributed by atoms with Gasteiger partial charge in [0.1, 0.15) is 5.75 Å². The Morgan fingerprint density at radius 2 is 2.14 bits per heavy atom. The van der Waals surface area contributed by atoms with Crippen LogP contribution in [-0.2, 0) is 24.1 Å². The van der Waals surface area contributed by atoms with Crippen molar-refractivity contribution in [2.24, 2.45) is 4.99 Å². The van der Waals surface area contributed by atoms with E-state index in [0.29, 0.717) is 12.3 Å². The summed E-state index contributed by atoms with van der Waals surface area (Å²) in [5.74, 6) is 1.62. The molecule has 0 saturated carbocycles. The van der Waals surface area contributed by atoms with E-state index in [1.54, 1.807) is 13.3 Å². The average Bonchev–Trinajstić information content (AvgIpc) is 2.72. The van der Waals surface area contributed by atoms with Gasteiger partial charge in [-0.3, -0.25) is 4.79 Å². The average molecular weight is 377 g/mol. The van der Waals surface area contributed by atoms with Gasteiger partial charge in [-0.15, -0.1) is 0 Å². The molecular weight excluding hydrogens is 348 g/mol. The van der Waals surface area contributed by atoms with Crippen LogP contribution in [0.15, 0.2) is 41.4 Å². The third-order valence-electron chi connectivity index (χ3n) is 5.97. The van der Waals surface area contributed by atoms with E-state index in [1.807, 2.05) is 0 Å². The van der Waals surface area contributed by atoms with Gasteiger partial charge in [-0.1, -0.05) is 30.3 Å². The zero-order valence-electron chi connectivity index (χ0n) is 16.5. The maximum atomic E-state index is 11.5. The number of methoxy groups -OCH3 is 1. The first-order chi connectivity index (χ1) is 13.7. The van der Waals surface area contributed by atoms with Gasteiger partial charge in [-0.2, -0.15) is 0 Å². The van der Waals surface area contributed by atoms with Gasteiger partial charge in [0.2, 0.25) is 5.91 Å². The molecule has 0 aromatic heterocycles. The van der Waals surface area contributed by atoms with Gasteiger partial charge in [0.25, 0.3) is 0 Å². The monoisotopic (exact) mass is 376 g/mol. The quantitative estimate of drug-likeness (QED) is 0.747. The fourth-order valence-corrected chi connectivity index (χ4v) is 4.48. The first kappa shape index (κ1) is 18.9. The van der Waals surface area contributed by atoms with E-state index in [4.69, 9.17) is 4.74 Å². The minimum absolute atomic E-state index is 0.0489. The predicted octanol–water partition coefficient (Wildman–Crippen LogP) is 3.84. The molecule has 0 saturated heterocycles. The first-order valence-electron chi connectivity index (χ1n) is 10.3. The molecule has 4 heteroatoms. The Hall–Kier alpha value is -2.46. The molecule has 2 aromatic carbocycles. The molecule has 1 aliphatic heterocycles. The van der Waals surface area contributed by atoms with Crippen LogP contribution in [0, 0.1) is 0 Å². The summed E-state index contributed by atoms with van der Waals surface area (Å²) < 4.78 is 5.55. The van der Waals surface area contributed by atoms with E-state index in [0.717, 1.165) is 49.2 Å². The Balaban J connectivity index is 1.27. The summed E-state index contributed by atoms with van der Waals surface area (Å²) in [6.07, 6.45) is 7.90. The van der Waals surface area contributed by atoms with Crippen LogP contribution in [-0.4, -0.2) is 32.3 Å².